The fourth-order valence-corrected chi connectivity index (χ4v) is 2.23. The van der Waals surface area contributed by atoms with Crippen molar-refractivity contribution >= 4 is 34.8 Å². The Hall–Kier alpha value is -0.670. The van der Waals surface area contributed by atoms with Crippen LogP contribution >= 0.6 is 34.8 Å². The summed E-state index contributed by atoms with van der Waals surface area (Å²) in [5, 5.41) is 4.72. The maximum atomic E-state index is 6.15. The van der Waals surface area contributed by atoms with Crippen LogP contribution in [-0.2, 0) is 0 Å². The normalized spacial score (nSPS) is 12.7. The Labute approximate surface area is 114 Å². The highest BCUT2D eigenvalue weighted by Crippen LogP contribution is 2.32. The maximum absolute atomic E-state index is 6.15. The molecule has 0 saturated heterocycles. The quantitative estimate of drug-likeness (QED) is 0.897. The predicted octanol–water partition coefficient (Wildman–Crippen LogP) is 4.55. The average molecular weight is 291 g/mol. The van der Waals surface area contributed by atoms with Crippen LogP contribution in [0.3, 0.4) is 0 Å². The van der Waals surface area contributed by atoms with E-state index in [0.717, 1.165) is 5.56 Å². The Kier molecular flexibility index (Phi) is 4.00. The molecule has 0 aliphatic rings. The van der Waals surface area contributed by atoms with Crippen LogP contribution in [0, 0.1) is 0 Å². The van der Waals surface area contributed by atoms with Crippen LogP contribution in [0.5, 0.6) is 0 Å². The van der Waals surface area contributed by atoms with Gasteiger partial charge in [-0.3, -0.25) is 0 Å². The molecule has 0 aliphatic carbocycles. The summed E-state index contributed by atoms with van der Waals surface area (Å²) in [6.45, 7) is 0. The molecule has 0 bridgehead atoms. The van der Waals surface area contributed by atoms with E-state index in [-0.39, 0.29) is 6.04 Å². The summed E-state index contributed by atoms with van der Waals surface area (Å²) in [7, 11) is 1.82. The summed E-state index contributed by atoms with van der Waals surface area (Å²) >= 11 is 17.9. The molecule has 5 heteroatoms. The zero-order chi connectivity index (χ0) is 12.4. The minimum Gasteiger partial charge on any atom is -0.448 e. The zero-order valence-electron chi connectivity index (χ0n) is 9.01. The summed E-state index contributed by atoms with van der Waals surface area (Å²) in [5.74, 6) is 0.696. The standard InChI is InChI=1S/C12H10Cl3NO/c1-16-12(10-4-5-11(15)17-10)8-6-7(13)2-3-9(8)14/h2-6,12,16H,1H3. The third-order valence-electron chi connectivity index (χ3n) is 2.44. The molecule has 2 aromatic rings. The first-order valence-corrected chi connectivity index (χ1v) is 6.12. The molecule has 1 N–H and O–H groups in total. The van der Waals surface area contributed by atoms with Crippen molar-refractivity contribution < 1.29 is 4.42 Å². The number of hydrogen-bond acceptors (Lipinski definition) is 2. The van der Waals surface area contributed by atoms with Crippen molar-refractivity contribution in [3.05, 3.63) is 56.9 Å². The van der Waals surface area contributed by atoms with Crippen LogP contribution in [0.15, 0.2) is 34.7 Å². The Balaban J connectivity index is 2.45. The van der Waals surface area contributed by atoms with Gasteiger partial charge in [-0.1, -0.05) is 23.2 Å². The number of hydrogen-bond donors (Lipinski definition) is 1. The summed E-state index contributed by atoms with van der Waals surface area (Å²) in [6, 6.07) is 8.64. The first kappa shape index (κ1) is 12.8. The molecule has 0 fully saturated rings. The first-order valence-electron chi connectivity index (χ1n) is 4.99. The number of benzene rings is 1. The van der Waals surface area contributed by atoms with Crippen LogP contribution < -0.4 is 5.32 Å². The van der Waals surface area contributed by atoms with Gasteiger partial charge in [0.25, 0.3) is 0 Å². The summed E-state index contributed by atoms with van der Waals surface area (Å²) in [4.78, 5) is 0. The molecule has 17 heavy (non-hydrogen) atoms. The molecule has 90 valence electrons. The topological polar surface area (TPSA) is 25.2 Å². The van der Waals surface area contributed by atoms with E-state index in [4.69, 9.17) is 39.2 Å². The number of halogens is 3. The fourth-order valence-electron chi connectivity index (χ4n) is 1.67. The van der Waals surface area contributed by atoms with E-state index in [9.17, 15) is 0 Å². The van der Waals surface area contributed by atoms with Gasteiger partial charge in [0.05, 0.1) is 6.04 Å². The molecule has 1 unspecified atom stereocenters. The maximum Gasteiger partial charge on any atom is 0.193 e. The second-order valence-electron chi connectivity index (χ2n) is 3.53. The average Bonchev–Trinajstić information content (AvgIpc) is 2.71. The first-order chi connectivity index (χ1) is 8.11. The Morgan fingerprint density at radius 1 is 1.12 bits per heavy atom. The van der Waals surface area contributed by atoms with Gasteiger partial charge in [-0.25, -0.2) is 0 Å². The van der Waals surface area contributed by atoms with Crippen molar-refractivity contribution in [3.8, 4) is 0 Å². The highest BCUT2D eigenvalue weighted by atomic mass is 35.5. The van der Waals surface area contributed by atoms with Crippen molar-refractivity contribution in [1.82, 2.24) is 5.32 Å². The molecular weight excluding hydrogens is 280 g/mol. The number of nitrogens with one attached hydrogen (secondary N) is 1. The molecular formula is C12H10Cl3NO. The SMILES string of the molecule is CNC(c1ccc(Cl)o1)c1cc(Cl)ccc1Cl. The molecule has 0 spiro atoms. The number of rotatable bonds is 3. The van der Waals surface area contributed by atoms with Gasteiger partial charge in [0.2, 0.25) is 0 Å². The highest BCUT2D eigenvalue weighted by Gasteiger charge is 2.18. The molecule has 1 aromatic heterocycles. The van der Waals surface area contributed by atoms with Crippen molar-refractivity contribution in [3.63, 3.8) is 0 Å². The molecule has 1 aromatic carbocycles. The van der Waals surface area contributed by atoms with Crippen LogP contribution in [0.2, 0.25) is 15.3 Å². The number of furan rings is 1. The van der Waals surface area contributed by atoms with Gasteiger partial charge in [-0.05, 0) is 54.5 Å². The molecule has 2 nitrogen and oxygen atoms in total. The molecule has 0 amide bonds. The van der Waals surface area contributed by atoms with E-state index in [1.54, 1.807) is 24.3 Å². The van der Waals surface area contributed by atoms with E-state index < -0.39 is 0 Å². The Morgan fingerprint density at radius 3 is 2.47 bits per heavy atom. The third kappa shape index (κ3) is 2.78. The van der Waals surface area contributed by atoms with Crippen LogP contribution in [0.1, 0.15) is 17.4 Å². The lowest BCUT2D eigenvalue weighted by molar-refractivity contribution is 0.465. The van der Waals surface area contributed by atoms with Crippen LogP contribution in [-0.4, -0.2) is 7.05 Å². The summed E-state index contributed by atoms with van der Waals surface area (Å²) in [5.41, 5.74) is 0.854. The third-order valence-corrected chi connectivity index (χ3v) is 3.22. The molecule has 2 rings (SSSR count). The molecule has 1 heterocycles. The fraction of sp³-hybridized carbons (Fsp3) is 0.167. The lowest BCUT2D eigenvalue weighted by atomic mass is 10.0. The van der Waals surface area contributed by atoms with Gasteiger partial charge in [0, 0.05) is 10.0 Å². The van der Waals surface area contributed by atoms with Gasteiger partial charge < -0.3 is 9.73 Å². The van der Waals surface area contributed by atoms with E-state index in [1.807, 2.05) is 13.1 Å². The van der Waals surface area contributed by atoms with Crippen molar-refractivity contribution in [1.29, 1.82) is 0 Å². The van der Waals surface area contributed by atoms with E-state index in [0.29, 0.717) is 21.0 Å². The minimum absolute atomic E-state index is 0.173. The van der Waals surface area contributed by atoms with Crippen LogP contribution in [0.4, 0.5) is 0 Å². The van der Waals surface area contributed by atoms with Crippen molar-refractivity contribution in [2.24, 2.45) is 0 Å². The smallest absolute Gasteiger partial charge is 0.193 e. The molecule has 1 atom stereocenters. The molecule has 0 radical (unpaired) electrons. The van der Waals surface area contributed by atoms with Gasteiger partial charge in [0.15, 0.2) is 5.22 Å². The van der Waals surface area contributed by atoms with Gasteiger partial charge >= 0.3 is 0 Å². The van der Waals surface area contributed by atoms with E-state index >= 15 is 0 Å². The molecule has 0 saturated carbocycles. The monoisotopic (exact) mass is 289 g/mol. The lowest BCUT2D eigenvalue weighted by Gasteiger charge is -2.15. The zero-order valence-corrected chi connectivity index (χ0v) is 11.3. The minimum atomic E-state index is -0.173. The lowest BCUT2D eigenvalue weighted by Crippen LogP contribution is -2.17. The largest absolute Gasteiger partial charge is 0.448 e. The van der Waals surface area contributed by atoms with E-state index in [2.05, 4.69) is 5.32 Å². The summed E-state index contributed by atoms with van der Waals surface area (Å²) in [6.07, 6.45) is 0. The van der Waals surface area contributed by atoms with Crippen LogP contribution in [0.25, 0.3) is 0 Å². The van der Waals surface area contributed by atoms with Gasteiger partial charge in [0.1, 0.15) is 5.76 Å². The second-order valence-corrected chi connectivity index (χ2v) is 4.75. The predicted molar refractivity (Wildman–Crippen MR) is 71.1 cm³/mol. The van der Waals surface area contributed by atoms with Gasteiger partial charge in [-0.15, -0.1) is 0 Å². The Morgan fingerprint density at radius 2 is 1.88 bits per heavy atom. The van der Waals surface area contributed by atoms with E-state index in [1.165, 1.54) is 0 Å². The molecule has 0 aliphatic heterocycles. The summed E-state index contributed by atoms with van der Waals surface area (Å²) < 4.78 is 5.39. The van der Waals surface area contributed by atoms with Crippen molar-refractivity contribution in [2.45, 2.75) is 6.04 Å². The van der Waals surface area contributed by atoms with Crippen molar-refractivity contribution in [2.75, 3.05) is 7.05 Å². The van der Waals surface area contributed by atoms with Gasteiger partial charge in [-0.2, -0.15) is 0 Å². The highest BCUT2D eigenvalue weighted by molar-refractivity contribution is 6.33. The Bertz CT molecular complexity index is 524. The second kappa shape index (κ2) is 5.32.